The fraction of sp³-hybridized carbons (Fsp3) is 0.536. The standard InChI is InChI=1S/C28H31F6N5O4/c1-14-9-26(5,37-43-14)22-10-35-24(38-11-15(2)41-16(3)12-38)21(36-22)13-39-17(4)23(42-25(39)40)18-6-19(27(29,30)31)8-20(7-18)28(32,33)34/h6-10,15-17,23,37H,11-13H2,1-5H3/t15?,16?,17-,23+,26?/m0/s1. The van der Waals surface area contributed by atoms with Gasteiger partial charge >= 0.3 is 18.4 Å². The highest BCUT2D eigenvalue weighted by atomic mass is 19.4. The Morgan fingerprint density at radius 1 is 1.02 bits per heavy atom. The van der Waals surface area contributed by atoms with Crippen molar-refractivity contribution >= 4 is 11.9 Å². The molecule has 1 amide bonds. The summed E-state index contributed by atoms with van der Waals surface area (Å²) >= 11 is 0. The Bertz CT molecular complexity index is 1390. The number of rotatable bonds is 5. The molecular weight excluding hydrogens is 584 g/mol. The molecule has 2 saturated heterocycles. The quantitative estimate of drug-likeness (QED) is 0.419. The lowest BCUT2D eigenvalue weighted by Crippen LogP contribution is -2.47. The molecule has 0 aliphatic carbocycles. The van der Waals surface area contributed by atoms with Crippen molar-refractivity contribution in [3.8, 4) is 0 Å². The average molecular weight is 616 g/mol. The number of alkyl halides is 6. The van der Waals surface area contributed by atoms with E-state index in [1.54, 1.807) is 13.1 Å². The van der Waals surface area contributed by atoms with Crippen molar-refractivity contribution < 1.29 is 45.4 Å². The number of carbonyl (C=O) groups is 1. The van der Waals surface area contributed by atoms with Crippen molar-refractivity contribution in [2.75, 3.05) is 18.0 Å². The second-order valence-electron chi connectivity index (χ2n) is 11.4. The number of carbonyl (C=O) groups excluding carboxylic acids is 1. The number of aromatic nitrogens is 2. The zero-order valence-corrected chi connectivity index (χ0v) is 24.0. The van der Waals surface area contributed by atoms with Crippen LogP contribution in [0, 0.1) is 0 Å². The largest absolute Gasteiger partial charge is 0.439 e. The number of allylic oxidation sites excluding steroid dienone is 1. The van der Waals surface area contributed by atoms with Gasteiger partial charge in [0, 0.05) is 13.1 Å². The first-order valence-corrected chi connectivity index (χ1v) is 13.6. The van der Waals surface area contributed by atoms with Crippen LogP contribution in [-0.2, 0) is 38.7 Å². The molecule has 1 aromatic heterocycles. The zero-order chi connectivity index (χ0) is 31.5. The van der Waals surface area contributed by atoms with Crippen LogP contribution in [0.15, 0.2) is 36.2 Å². The van der Waals surface area contributed by atoms with Crippen molar-refractivity contribution in [1.29, 1.82) is 0 Å². The number of hydrogen-bond donors (Lipinski definition) is 1. The molecule has 234 valence electrons. The van der Waals surface area contributed by atoms with Crippen LogP contribution in [0.25, 0.3) is 0 Å². The van der Waals surface area contributed by atoms with E-state index in [2.05, 4.69) is 10.5 Å². The highest BCUT2D eigenvalue weighted by molar-refractivity contribution is 5.71. The summed E-state index contributed by atoms with van der Waals surface area (Å²) in [6, 6.07) is 0.259. The summed E-state index contributed by atoms with van der Waals surface area (Å²) in [5, 5.41) is 0. The molecule has 15 heteroatoms. The minimum absolute atomic E-state index is 0.0396. The van der Waals surface area contributed by atoms with Gasteiger partial charge in [-0.05, 0) is 64.5 Å². The van der Waals surface area contributed by atoms with Gasteiger partial charge in [-0.3, -0.25) is 4.90 Å². The fourth-order valence-corrected chi connectivity index (χ4v) is 5.63. The van der Waals surface area contributed by atoms with Gasteiger partial charge in [-0.1, -0.05) is 0 Å². The minimum Gasteiger partial charge on any atom is -0.439 e. The maximum Gasteiger partial charge on any atom is 0.416 e. The summed E-state index contributed by atoms with van der Waals surface area (Å²) in [6.07, 6.45) is -9.25. The normalized spacial score (nSPS) is 28.2. The highest BCUT2D eigenvalue weighted by Gasteiger charge is 2.44. The number of nitrogens with one attached hydrogen (secondary N) is 1. The third kappa shape index (κ3) is 6.23. The number of ether oxygens (including phenoxy) is 2. The Kier molecular flexibility index (Phi) is 7.78. The second-order valence-corrected chi connectivity index (χ2v) is 11.4. The fourth-order valence-electron chi connectivity index (χ4n) is 5.63. The summed E-state index contributed by atoms with van der Waals surface area (Å²) < 4.78 is 92.4. The van der Waals surface area contributed by atoms with Crippen molar-refractivity contribution in [2.24, 2.45) is 0 Å². The summed E-state index contributed by atoms with van der Waals surface area (Å²) in [5.74, 6) is 1.08. The molecule has 5 atom stereocenters. The maximum atomic E-state index is 13.5. The van der Waals surface area contributed by atoms with Crippen LogP contribution in [0.3, 0.4) is 0 Å². The van der Waals surface area contributed by atoms with E-state index in [0.717, 1.165) is 0 Å². The first kappa shape index (κ1) is 30.9. The number of amides is 1. The Labute approximate surface area is 243 Å². The van der Waals surface area contributed by atoms with E-state index in [1.807, 2.05) is 31.7 Å². The van der Waals surface area contributed by atoms with Crippen LogP contribution in [-0.4, -0.2) is 52.3 Å². The second kappa shape index (κ2) is 10.8. The van der Waals surface area contributed by atoms with E-state index in [9.17, 15) is 31.1 Å². The molecule has 1 aromatic carbocycles. The van der Waals surface area contributed by atoms with E-state index in [0.29, 0.717) is 48.2 Å². The third-order valence-corrected chi connectivity index (χ3v) is 7.64. The van der Waals surface area contributed by atoms with Gasteiger partial charge in [0.15, 0.2) is 5.82 Å². The zero-order valence-electron chi connectivity index (χ0n) is 24.0. The van der Waals surface area contributed by atoms with Gasteiger partial charge in [0.2, 0.25) is 0 Å². The van der Waals surface area contributed by atoms with Gasteiger partial charge < -0.3 is 19.2 Å². The Morgan fingerprint density at radius 2 is 1.63 bits per heavy atom. The smallest absolute Gasteiger partial charge is 0.416 e. The minimum atomic E-state index is -5.04. The van der Waals surface area contributed by atoms with Crippen molar-refractivity contribution in [2.45, 2.75) is 83.4 Å². The van der Waals surface area contributed by atoms with E-state index in [1.165, 1.54) is 11.8 Å². The monoisotopic (exact) mass is 615 g/mol. The molecule has 43 heavy (non-hydrogen) atoms. The molecule has 2 fully saturated rings. The Hall–Kier alpha value is -3.59. The first-order chi connectivity index (χ1) is 19.9. The van der Waals surface area contributed by atoms with Gasteiger partial charge in [0.25, 0.3) is 0 Å². The molecule has 0 spiro atoms. The number of cyclic esters (lactones) is 1. The van der Waals surface area contributed by atoms with Gasteiger partial charge in [-0.15, -0.1) is 5.48 Å². The maximum absolute atomic E-state index is 13.5. The molecule has 0 bridgehead atoms. The molecule has 4 heterocycles. The summed E-state index contributed by atoms with van der Waals surface area (Å²) in [5.41, 5.74) is -0.501. The highest BCUT2D eigenvalue weighted by Crippen LogP contribution is 2.41. The lowest BCUT2D eigenvalue weighted by atomic mass is 9.97. The topological polar surface area (TPSA) is 89.1 Å². The van der Waals surface area contributed by atoms with Crippen LogP contribution in [0.2, 0.25) is 0 Å². The van der Waals surface area contributed by atoms with Gasteiger partial charge in [-0.2, -0.15) is 26.3 Å². The third-order valence-electron chi connectivity index (χ3n) is 7.64. The number of benzene rings is 1. The van der Waals surface area contributed by atoms with E-state index < -0.39 is 52.8 Å². The Balaban J connectivity index is 1.51. The van der Waals surface area contributed by atoms with Gasteiger partial charge in [0.05, 0.1) is 47.8 Å². The Morgan fingerprint density at radius 3 is 2.16 bits per heavy atom. The molecule has 5 rings (SSSR count). The summed E-state index contributed by atoms with van der Waals surface area (Å²) in [4.78, 5) is 31.2. The summed E-state index contributed by atoms with van der Waals surface area (Å²) in [6.45, 7) is 9.70. The number of hydrogen-bond acceptors (Lipinski definition) is 8. The van der Waals surface area contributed by atoms with Gasteiger partial charge in [0.1, 0.15) is 23.1 Å². The molecule has 0 radical (unpaired) electrons. The van der Waals surface area contributed by atoms with Crippen molar-refractivity contribution in [3.05, 3.63) is 64.3 Å². The van der Waals surface area contributed by atoms with Crippen LogP contribution in [0.4, 0.5) is 37.0 Å². The molecule has 1 N–H and O–H groups in total. The predicted molar refractivity (Wildman–Crippen MR) is 140 cm³/mol. The number of hydroxylamine groups is 1. The number of anilines is 1. The van der Waals surface area contributed by atoms with Crippen LogP contribution < -0.4 is 10.4 Å². The molecular formula is C28H31F6N5O4. The van der Waals surface area contributed by atoms with E-state index >= 15 is 0 Å². The van der Waals surface area contributed by atoms with Crippen LogP contribution in [0.5, 0.6) is 0 Å². The average Bonchev–Trinajstić information content (AvgIpc) is 3.40. The molecule has 2 aromatic rings. The molecule has 9 nitrogen and oxygen atoms in total. The lowest BCUT2D eigenvalue weighted by molar-refractivity contribution is -0.143. The number of morpholine rings is 1. The molecule has 3 aliphatic heterocycles. The number of nitrogens with zero attached hydrogens (tertiary/aromatic N) is 4. The summed E-state index contributed by atoms with van der Waals surface area (Å²) in [7, 11) is 0. The van der Waals surface area contributed by atoms with Crippen molar-refractivity contribution in [1.82, 2.24) is 20.3 Å². The molecule has 3 unspecified atom stereocenters. The molecule has 0 saturated carbocycles. The number of halogens is 6. The lowest BCUT2D eigenvalue weighted by Gasteiger charge is -2.37. The van der Waals surface area contributed by atoms with E-state index in [-0.39, 0.29) is 24.8 Å². The predicted octanol–water partition coefficient (Wildman–Crippen LogP) is 5.86. The van der Waals surface area contributed by atoms with Gasteiger partial charge in [-0.25, -0.2) is 14.8 Å². The SMILES string of the molecule is CC1=CC(C)(c2cnc(N3CC(C)OC(C)C3)c(CN3C(=O)O[C@@H](c4cc(C(F)(F)F)cc(C(F)(F)F)c4)[C@@H]3C)n2)NO1. The molecule has 3 aliphatic rings. The van der Waals surface area contributed by atoms with Crippen molar-refractivity contribution in [3.63, 3.8) is 0 Å². The van der Waals surface area contributed by atoms with E-state index in [4.69, 9.17) is 19.3 Å². The first-order valence-electron chi connectivity index (χ1n) is 13.6. The van der Waals surface area contributed by atoms with Crippen LogP contribution in [0.1, 0.15) is 68.8 Å². The van der Waals surface area contributed by atoms with Crippen LogP contribution >= 0.6 is 0 Å².